The average molecular weight is 1390 g/mol. The maximum atomic E-state index is 14.0. The molecule has 2 aliphatic heterocycles. The van der Waals surface area contributed by atoms with E-state index in [9.17, 15) is 47.9 Å². The molecule has 4 amide bonds. The number of rotatable bonds is 41. The van der Waals surface area contributed by atoms with E-state index in [4.69, 9.17) is 54.6 Å². The van der Waals surface area contributed by atoms with Gasteiger partial charge in [-0.25, -0.2) is 4.79 Å². The van der Waals surface area contributed by atoms with Gasteiger partial charge in [-0.2, -0.15) is 0 Å². The second kappa shape index (κ2) is 42.5. The van der Waals surface area contributed by atoms with Gasteiger partial charge in [-0.1, -0.05) is 114 Å². The number of aryl methyl sites for hydroxylation is 2. The number of ketones is 2. The van der Waals surface area contributed by atoms with E-state index >= 15 is 0 Å². The Bertz CT molecular complexity index is 3120. The third-order valence-electron chi connectivity index (χ3n) is 17.0. The van der Waals surface area contributed by atoms with E-state index in [2.05, 4.69) is 21.3 Å². The van der Waals surface area contributed by atoms with Crippen LogP contribution in [0.15, 0.2) is 78.9 Å². The molecule has 0 saturated carbocycles. The van der Waals surface area contributed by atoms with Crippen LogP contribution in [0.25, 0.3) is 0 Å². The fraction of sp³-hybridized carbons (Fsp3) is 0.595. The van der Waals surface area contributed by atoms with Crippen molar-refractivity contribution in [2.75, 3.05) is 65.2 Å². The van der Waals surface area contributed by atoms with Crippen LogP contribution in [0.4, 0.5) is 5.69 Å². The van der Waals surface area contributed by atoms with Crippen molar-refractivity contribution in [2.24, 2.45) is 29.1 Å². The molecule has 3 aromatic carbocycles. The first kappa shape index (κ1) is 81.3. The van der Waals surface area contributed by atoms with Crippen LogP contribution in [-0.2, 0) is 105 Å². The van der Waals surface area contributed by atoms with Gasteiger partial charge >= 0.3 is 23.9 Å². The molecule has 23 nitrogen and oxygen atoms in total. The molecule has 8 atom stereocenters. The molecule has 5 rings (SSSR count). The van der Waals surface area contributed by atoms with Gasteiger partial charge in [-0.3, -0.25) is 43.2 Å². The Morgan fingerprint density at radius 1 is 0.755 bits per heavy atom. The quantitative estimate of drug-likeness (QED) is 0.0153. The zero-order valence-electron chi connectivity index (χ0n) is 58.4. The number of ether oxygens (including phenoxy) is 8. The number of halogens is 1. The predicted molar refractivity (Wildman–Crippen MR) is 366 cm³/mol. The van der Waals surface area contributed by atoms with Crippen molar-refractivity contribution in [1.82, 2.24) is 16.0 Å². The van der Waals surface area contributed by atoms with Crippen LogP contribution < -0.4 is 21.3 Å². The lowest BCUT2D eigenvalue weighted by Gasteiger charge is -2.29. The molecule has 0 radical (unpaired) electrons. The smallest absolute Gasteiger partial charge is 0.347 e. The van der Waals surface area contributed by atoms with E-state index in [-0.39, 0.29) is 107 Å². The Labute approximate surface area is 581 Å². The summed E-state index contributed by atoms with van der Waals surface area (Å²) in [7, 11) is 1.60. The summed E-state index contributed by atoms with van der Waals surface area (Å²) < 4.78 is 45.2. The summed E-state index contributed by atoms with van der Waals surface area (Å²) >= 11 is 6.41. The highest BCUT2D eigenvalue weighted by atomic mass is 35.5. The first-order valence-corrected chi connectivity index (χ1v) is 34.6. The number of carboxylic acid groups (broad SMARTS) is 1. The Hall–Kier alpha value is -7.41. The van der Waals surface area contributed by atoms with E-state index in [0.29, 0.717) is 94.4 Å². The van der Waals surface area contributed by atoms with Crippen LogP contribution in [-0.4, -0.2) is 154 Å². The van der Waals surface area contributed by atoms with Crippen molar-refractivity contribution in [3.63, 3.8) is 0 Å². The monoisotopic (exact) mass is 1390 g/mol. The second-order valence-electron chi connectivity index (χ2n) is 26.7. The summed E-state index contributed by atoms with van der Waals surface area (Å²) in [5.41, 5.74) is 3.16. The minimum atomic E-state index is -1.27. The maximum Gasteiger partial charge on any atom is 0.347 e. The van der Waals surface area contributed by atoms with Crippen molar-refractivity contribution in [3.8, 4) is 0 Å². The zero-order valence-corrected chi connectivity index (χ0v) is 59.2. The molecule has 0 spiro atoms. The van der Waals surface area contributed by atoms with Gasteiger partial charge in [0.15, 0.2) is 11.9 Å². The molecular weight excluding hydrogens is 1280 g/mol. The third kappa shape index (κ3) is 30.0. The largest absolute Gasteiger partial charge is 0.481 e. The molecule has 3 aromatic rings. The molecule has 0 aliphatic carbocycles. The van der Waals surface area contributed by atoms with Crippen LogP contribution in [0.3, 0.4) is 0 Å². The minimum absolute atomic E-state index is 0.0257. The number of hydrogen-bond donors (Lipinski definition) is 5. The molecule has 2 aliphatic rings. The van der Waals surface area contributed by atoms with E-state index in [1.165, 1.54) is 6.08 Å². The van der Waals surface area contributed by atoms with Gasteiger partial charge in [0, 0.05) is 87.6 Å². The van der Waals surface area contributed by atoms with E-state index in [0.717, 1.165) is 22.3 Å². The number of carboxylic acids is 1. The Kier molecular flexibility index (Phi) is 35.3. The summed E-state index contributed by atoms with van der Waals surface area (Å²) in [5.74, 6) is -6.64. The lowest BCUT2D eigenvalue weighted by molar-refractivity contribution is -0.179. The number of aliphatic carboxylic acids is 1. The van der Waals surface area contributed by atoms with Crippen molar-refractivity contribution in [1.29, 1.82) is 0 Å². The van der Waals surface area contributed by atoms with Crippen LogP contribution in [0, 0.1) is 36.0 Å². The molecule has 98 heavy (non-hydrogen) atoms. The Balaban J connectivity index is 1.13. The van der Waals surface area contributed by atoms with Crippen LogP contribution in [0.2, 0.25) is 5.02 Å². The molecule has 0 aromatic heterocycles. The number of nitrogens with one attached hydrogen (secondary N) is 4. The topological polar surface area (TPSA) is 316 Å². The number of carbonyl (C=O) groups excluding carboxylic acids is 9. The first-order valence-electron chi connectivity index (χ1n) is 34.2. The summed E-state index contributed by atoms with van der Waals surface area (Å²) in [6, 6.07) is 17.9. The number of epoxide rings is 1. The normalized spacial score (nSPS) is 19.4. The van der Waals surface area contributed by atoms with Gasteiger partial charge in [-0.15, -0.1) is 0 Å². The van der Waals surface area contributed by atoms with E-state index in [1.807, 2.05) is 64.1 Å². The SMILES string of the molecule is COCCOCCOCCOCCC(=O)CCCCC[C@H](CC(=O)[C@@H](NC(=O)CCCC(=O)O)C(C)C)C(=O)Nc1ccc(COC(=O)CCc2ccc([C@H]3O[C@@H]3[C@@H](C)[C@@H]3C/C=C/C(=O)N[C@H](Cc4ccc(C)c(Cl)c4)C(=O)NCC(C)(C)C(=O)O[C@@H](CC(C)C)C(=O)O3)cc2)cc1. The van der Waals surface area contributed by atoms with Gasteiger partial charge in [0.25, 0.3) is 0 Å². The van der Waals surface area contributed by atoms with E-state index in [1.54, 1.807) is 71.2 Å². The predicted octanol–water partition coefficient (Wildman–Crippen LogP) is 9.62. The molecular formula is C74H103ClN4O19. The molecule has 5 N–H and O–H groups in total. The van der Waals surface area contributed by atoms with Crippen LogP contribution in [0.5, 0.6) is 0 Å². The summed E-state index contributed by atoms with van der Waals surface area (Å²) in [6.07, 6.45) is 3.36. The number of amides is 4. The molecule has 1 saturated heterocycles. The average Bonchev–Trinajstić information content (AvgIpc) is 1.63. The third-order valence-corrected chi connectivity index (χ3v) is 17.4. The first-order chi connectivity index (χ1) is 46.7. The number of unbranched alkanes of at least 4 members (excludes halogenated alkanes) is 2. The summed E-state index contributed by atoms with van der Waals surface area (Å²) in [4.78, 5) is 132. The van der Waals surface area contributed by atoms with Crippen molar-refractivity contribution in [2.45, 2.75) is 195 Å². The van der Waals surface area contributed by atoms with Crippen molar-refractivity contribution < 1.29 is 90.9 Å². The fourth-order valence-electron chi connectivity index (χ4n) is 10.9. The standard InChI is InChI=1S/C74H103ClN4O19/c1-47(2)41-62-72(89)96-61(17-13-18-63(82)78-59(43-53-22-21-49(5)58(75)42-53)71(88)76-46-74(7,8)73(90)97-62)50(6)68-69(98-68)54-28-23-51(24-29-54)27-32-66(86)95-45-52-25-30-56(31-26-52)77-70(87)55(44-60(81)67(48(3)4)79-64(83)19-14-20-65(84)85)15-11-10-12-16-57(80)33-34-92-37-38-94-40-39-93-36-35-91-9/h13,18,21-26,28-31,42,47-48,50,55,59,61-62,67-69H,10-12,14-17,19-20,27,32-41,43-46H2,1-9H3,(H,76,88)(H,77,87)(H,78,82)(H,79,83)(H,84,85)/b18-13+/t50-,55+,59+,61-,62-,67-,68+,69+/m0/s1. The van der Waals surface area contributed by atoms with Gasteiger partial charge in [0.2, 0.25) is 23.6 Å². The van der Waals surface area contributed by atoms with Gasteiger partial charge in [-0.05, 0) is 117 Å². The molecule has 2 heterocycles. The highest BCUT2D eigenvalue weighted by molar-refractivity contribution is 6.31. The van der Waals surface area contributed by atoms with Crippen LogP contribution >= 0.6 is 11.6 Å². The molecule has 1 fully saturated rings. The van der Waals surface area contributed by atoms with Crippen LogP contribution in [0.1, 0.15) is 166 Å². The number of esters is 3. The maximum absolute atomic E-state index is 14.0. The molecule has 24 heteroatoms. The summed E-state index contributed by atoms with van der Waals surface area (Å²) in [6.45, 7) is 17.0. The number of carbonyl (C=O) groups is 10. The van der Waals surface area contributed by atoms with Gasteiger partial charge < -0.3 is 64.3 Å². The molecule has 0 unspecified atom stereocenters. The highest BCUT2D eigenvalue weighted by Crippen LogP contribution is 2.45. The summed E-state index contributed by atoms with van der Waals surface area (Å²) in [5, 5.41) is 20.8. The Morgan fingerprint density at radius 3 is 2.07 bits per heavy atom. The van der Waals surface area contributed by atoms with Crippen molar-refractivity contribution >= 4 is 76.4 Å². The number of methoxy groups -OCH3 is 1. The lowest BCUT2D eigenvalue weighted by atomic mass is 9.88. The molecule has 0 bridgehead atoms. The zero-order chi connectivity index (χ0) is 71.7. The lowest BCUT2D eigenvalue weighted by Crippen LogP contribution is -2.51. The minimum Gasteiger partial charge on any atom is -0.481 e. The number of cyclic esters (lactones) is 2. The number of Topliss-reactive ketones (excluding diaryl/α,β-unsaturated/α-hetero) is 2. The highest BCUT2D eigenvalue weighted by Gasteiger charge is 2.48. The molecule has 540 valence electrons. The number of benzene rings is 3. The van der Waals surface area contributed by atoms with Crippen molar-refractivity contribution in [3.05, 3.63) is 112 Å². The number of hydrogen-bond acceptors (Lipinski definition) is 18. The Morgan fingerprint density at radius 2 is 1.42 bits per heavy atom. The van der Waals surface area contributed by atoms with Gasteiger partial charge in [0.1, 0.15) is 30.6 Å². The number of anilines is 1. The second-order valence-corrected chi connectivity index (χ2v) is 27.1. The van der Waals surface area contributed by atoms with Gasteiger partial charge in [0.05, 0.1) is 63.8 Å². The fourth-order valence-corrected chi connectivity index (χ4v) is 11.1. The van der Waals surface area contributed by atoms with E-state index < -0.39 is 95.2 Å².